The highest BCUT2D eigenvalue weighted by Gasteiger charge is 2.40. The third-order valence-corrected chi connectivity index (χ3v) is 6.42. The summed E-state index contributed by atoms with van der Waals surface area (Å²) in [6.07, 6.45) is 1.50. The smallest absolute Gasteiger partial charge is 0.252 e. The second kappa shape index (κ2) is 8.40. The van der Waals surface area contributed by atoms with E-state index in [0.717, 1.165) is 52.3 Å². The van der Waals surface area contributed by atoms with Crippen molar-refractivity contribution in [2.24, 2.45) is 10.7 Å². The number of hydrogen-bond acceptors (Lipinski definition) is 5. The summed E-state index contributed by atoms with van der Waals surface area (Å²) in [6, 6.07) is 9.42. The Morgan fingerprint density at radius 3 is 2.54 bits per heavy atom. The van der Waals surface area contributed by atoms with Crippen molar-refractivity contribution < 1.29 is 19.1 Å². The van der Waals surface area contributed by atoms with Gasteiger partial charge in [-0.15, -0.1) is 0 Å². The SMILES string of the molecule is CCOc1cc2c(c3c1OC(C)(C)C3)C(c1cccc(C(=O)NC(C)(C)C(N)=O)c1)=NC(C)(C)C2. The van der Waals surface area contributed by atoms with Crippen LogP contribution in [0.25, 0.3) is 0 Å². The number of nitrogens with zero attached hydrogens (tertiary/aromatic N) is 1. The lowest BCUT2D eigenvalue weighted by Crippen LogP contribution is -2.53. The zero-order valence-corrected chi connectivity index (χ0v) is 21.7. The molecule has 0 fully saturated rings. The van der Waals surface area contributed by atoms with Crippen LogP contribution in [0.15, 0.2) is 35.3 Å². The predicted molar refractivity (Wildman–Crippen MR) is 137 cm³/mol. The summed E-state index contributed by atoms with van der Waals surface area (Å²) in [5.41, 5.74) is 9.00. The number of aliphatic imine (C=N–C) groups is 1. The minimum atomic E-state index is -1.16. The van der Waals surface area contributed by atoms with Gasteiger partial charge in [-0.2, -0.15) is 0 Å². The summed E-state index contributed by atoms with van der Waals surface area (Å²) in [6.45, 7) is 14.1. The summed E-state index contributed by atoms with van der Waals surface area (Å²) in [5.74, 6) is 0.580. The van der Waals surface area contributed by atoms with E-state index < -0.39 is 11.4 Å². The quantitative estimate of drug-likeness (QED) is 0.657. The first kappa shape index (κ1) is 24.8. The number of carbonyl (C=O) groups is 2. The molecule has 2 aromatic rings. The number of hydrogen-bond donors (Lipinski definition) is 2. The van der Waals surface area contributed by atoms with Crippen molar-refractivity contribution in [1.29, 1.82) is 0 Å². The van der Waals surface area contributed by atoms with Gasteiger partial charge in [0.2, 0.25) is 5.91 Å². The largest absolute Gasteiger partial charge is 0.490 e. The molecular weight excluding hydrogens is 442 g/mol. The van der Waals surface area contributed by atoms with E-state index in [1.165, 1.54) is 0 Å². The normalized spacial score (nSPS) is 17.5. The summed E-state index contributed by atoms with van der Waals surface area (Å²) < 4.78 is 12.3. The molecule has 0 aromatic heterocycles. The molecule has 0 aliphatic carbocycles. The summed E-state index contributed by atoms with van der Waals surface area (Å²) >= 11 is 0. The summed E-state index contributed by atoms with van der Waals surface area (Å²) in [7, 11) is 0. The maximum atomic E-state index is 13.0. The molecule has 0 saturated carbocycles. The topological polar surface area (TPSA) is 103 Å². The number of ether oxygens (including phenoxy) is 2. The van der Waals surface area contributed by atoms with Crippen LogP contribution in [0.2, 0.25) is 0 Å². The van der Waals surface area contributed by atoms with Crippen molar-refractivity contribution in [3.63, 3.8) is 0 Å². The van der Waals surface area contributed by atoms with Crippen LogP contribution < -0.4 is 20.5 Å². The minimum absolute atomic E-state index is 0.332. The molecule has 35 heavy (non-hydrogen) atoms. The molecule has 186 valence electrons. The number of fused-ring (bicyclic) bond motifs is 3. The fraction of sp³-hybridized carbons (Fsp3) is 0.464. The fourth-order valence-corrected chi connectivity index (χ4v) is 4.77. The lowest BCUT2D eigenvalue weighted by atomic mass is 9.80. The molecule has 2 aliphatic rings. The number of amides is 2. The molecule has 4 rings (SSSR count). The average Bonchev–Trinajstić information content (AvgIpc) is 3.07. The van der Waals surface area contributed by atoms with Gasteiger partial charge < -0.3 is 20.5 Å². The molecule has 0 atom stereocenters. The van der Waals surface area contributed by atoms with Gasteiger partial charge in [-0.1, -0.05) is 12.1 Å². The molecule has 2 amide bonds. The van der Waals surface area contributed by atoms with Gasteiger partial charge in [-0.25, -0.2) is 0 Å². The monoisotopic (exact) mass is 477 g/mol. The molecule has 0 radical (unpaired) electrons. The number of benzene rings is 2. The standard InChI is InChI=1S/C28H35N3O4/c1-8-34-20-13-18-14-26(2,3)30-22(21(18)19-15-27(4,5)35-23(19)20)16-10-9-11-17(12-16)24(32)31-28(6,7)25(29)33/h9-13H,8,14-15H2,1-7H3,(H2,29,33)(H,31,32). The molecular formula is C28H35N3O4. The molecule has 7 heteroatoms. The zero-order valence-electron chi connectivity index (χ0n) is 21.7. The van der Waals surface area contributed by atoms with Crippen molar-refractivity contribution in [3.05, 3.63) is 58.1 Å². The molecule has 0 bridgehead atoms. The fourth-order valence-electron chi connectivity index (χ4n) is 4.77. The van der Waals surface area contributed by atoms with E-state index in [-0.39, 0.29) is 17.0 Å². The van der Waals surface area contributed by atoms with Crippen LogP contribution in [-0.4, -0.2) is 40.8 Å². The third kappa shape index (κ3) is 4.77. The van der Waals surface area contributed by atoms with Crippen molar-refractivity contribution in [2.45, 2.75) is 78.0 Å². The Kier molecular flexibility index (Phi) is 5.94. The van der Waals surface area contributed by atoms with E-state index in [1.54, 1.807) is 19.9 Å². The Balaban J connectivity index is 1.84. The van der Waals surface area contributed by atoms with E-state index in [9.17, 15) is 9.59 Å². The first-order valence-electron chi connectivity index (χ1n) is 12.1. The molecule has 2 heterocycles. The van der Waals surface area contributed by atoms with Crippen molar-refractivity contribution in [3.8, 4) is 11.5 Å². The Bertz CT molecular complexity index is 1240. The van der Waals surface area contributed by atoms with Crippen molar-refractivity contribution in [1.82, 2.24) is 5.32 Å². The highest BCUT2D eigenvalue weighted by atomic mass is 16.5. The molecule has 2 aromatic carbocycles. The second-order valence-corrected chi connectivity index (χ2v) is 11.2. The molecule has 0 spiro atoms. The predicted octanol–water partition coefficient (Wildman–Crippen LogP) is 3.96. The highest BCUT2D eigenvalue weighted by molar-refractivity contribution is 6.17. The maximum absolute atomic E-state index is 13.0. The Hall–Kier alpha value is -3.35. The summed E-state index contributed by atoms with van der Waals surface area (Å²) in [5, 5.41) is 2.72. The molecule has 0 unspecified atom stereocenters. The van der Waals surface area contributed by atoms with Gasteiger partial charge in [0.25, 0.3) is 5.91 Å². The van der Waals surface area contributed by atoms with Gasteiger partial charge in [0.1, 0.15) is 11.1 Å². The average molecular weight is 478 g/mol. The second-order valence-electron chi connectivity index (χ2n) is 11.2. The zero-order chi connectivity index (χ0) is 25.8. The van der Waals surface area contributed by atoms with Crippen LogP contribution in [-0.2, 0) is 17.6 Å². The van der Waals surface area contributed by atoms with E-state index in [4.69, 9.17) is 20.2 Å². The van der Waals surface area contributed by atoms with Gasteiger partial charge in [0, 0.05) is 28.7 Å². The molecule has 3 N–H and O–H groups in total. The first-order valence-corrected chi connectivity index (χ1v) is 12.1. The van der Waals surface area contributed by atoms with Gasteiger partial charge in [-0.05, 0) is 78.6 Å². The van der Waals surface area contributed by atoms with Crippen LogP contribution in [0.5, 0.6) is 11.5 Å². The first-order chi connectivity index (χ1) is 16.2. The van der Waals surface area contributed by atoms with Gasteiger partial charge in [0.05, 0.1) is 17.9 Å². The number of primary amides is 1. The lowest BCUT2D eigenvalue weighted by molar-refractivity contribution is -0.122. The van der Waals surface area contributed by atoms with E-state index in [1.807, 2.05) is 25.1 Å². The summed E-state index contributed by atoms with van der Waals surface area (Å²) in [4.78, 5) is 29.8. The maximum Gasteiger partial charge on any atom is 0.252 e. The molecule has 7 nitrogen and oxygen atoms in total. The Morgan fingerprint density at radius 2 is 1.89 bits per heavy atom. The third-order valence-electron chi connectivity index (χ3n) is 6.42. The molecule has 0 saturated heterocycles. The van der Waals surface area contributed by atoms with E-state index >= 15 is 0 Å². The Morgan fingerprint density at radius 1 is 1.17 bits per heavy atom. The van der Waals surface area contributed by atoms with Gasteiger partial charge >= 0.3 is 0 Å². The number of nitrogens with one attached hydrogen (secondary N) is 1. The van der Waals surface area contributed by atoms with Gasteiger partial charge in [0.15, 0.2) is 11.5 Å². The van der Waals surface area contributed by atoms with E-state index in [2.05, 4.69) is 39.1 Å². The number of rotatable bonds is 6. The Labute approximate surface area is 207 Å². The lowest BCUT2D eigenvalue weighted by Gasteiger charge is -2.31. The minimum Gasteiger partial charge on any atom is -0.490 e. The van der Waals surface area contributed by atoms with Crippen LogP contribution in [0.1, 0.15) is 81.1 Å². The molecule has 2 aliphatic heterocycles. The van der Waals surface area contributed by atoms with Crippen LogP contribution in [0.3, 0.4) is 0 Å². The van der Waals surface area contributed by atoms with Crippen LogP contribution in [0.4, 0.5) is 0 Å². The van der Waals surface area contributed by atoms with Gasteiger partial charge in [-0.3, -0.25) is 14.6 Å². The highest BCUT2D eigenvalue weighted by Crippen LogP contribution is 2.48. The van der Waals surface area contributed by atoms with Crippen molar-refractivity contribution in [2.75, 3.05) is 6.61 Å². The number of nitrogens with two attached hydrogens (primary N) is 1. The van der Waals surface area contributed by atoms with E-state index in [0.29, 0.717) is 12.2 Å². The van der Waals surface area contributed by atoms with Crippen molar-refractivity contribution >= 4 is 17.5 Å². The van der Waals surface area contributed by atoms with Crippen LogP contribution in [0, 0.1) is 0 Å². The number of carbonyl (C=O) groups excluding carboxylic acids is 2. The van der Waals surface area contributed by atoms with Crippen LogP contribution >= 0.6 is 0 Å².